The van der Waals surface area contributed by atoms with Crippen LogP contribution >= 0.6 is 11.3 Å². The van der Waals surface area contributed by atoms with Gasteiger partial charge in [-0.15, -0.1) is 11.3 Å². The number of amides is 1. The molecule has 4 rings (SSSR count). The largest absolute Gasteiger partial charge is 0.497 e. The van der Waals surface area contributed by atoms with Gasteiger partial charge in [-0.05, 0) is 43.0 Å². The molecule has 0 unspecified atom stereocenters. The fourth-order valence-electron chi connectivity index (χ4n) is 4.22. The van der Waals surface area contributed by atoms with Gasteiger partial charge in [0, 0.05) is 50.1 Å². The molecule has 2 aliphatic rings. The maximum absolute atomic E-state index is 12.5. The zero-order chi connectivity index (χ0) is 19.3. The predicted octanol–water partition coefficient (Wildman–Crippen LogP) is 4.04. The van der Waals surface area contributed by atoms with E-state index in [-0.39, 0.29) is 0 Å². The highest BCUT2D eigenvalue weighted by molar-refractivity contribution is 7.13. The standard InChI is InChI=1S/C22H29N3O2S/c1-27-20-8-6-18(7-9-20)22-23-19(16-28-22)15-24-10-12-25(13-11-24)21(26)14-17-4-2-3-5-17/h6-9,16-17H,2-5,10-15H2,1H3. The van der Waals surface area contributed by atoms with Gasteiger partial charge >= 0.3 is 0 Å². The third-order valence-corrected chi connectivity index (χ3v) is 6.88. The summed E-state index contributed by atoms with van der Waals surface area (Å²) in [5, 5.41) is 3.19. The quantitative estimate of drug-likeness (QED) is 0.735. The van der Waals surface area contributed by atoms with Crippen LogP contribution in [0.4, 0.5) is 0 Å². The van der Waals surface area contributed by atoms with Crippen molar-refractivity contribution in [2.75, 3.05) is 33.3 Å². The number of carbonyl (C=O) groups excluding carboxylic acids is 1. The van der Waals surface area contributed by atoms with Crippen LogP contribution in [0.15, 0.2) is 29.6 Å². The zero-order valence-electron chi connectivity index (χ0n) is 16.6. The minimum absolute atomic E-state index is 0.363. The Hall–Kier alpha value is -1.92. The Balaban J connectivity index is 1.26. The van der Waals surface area contributed by atoms with Crippen molar-refractivity contribution in [2.24, 2.45) is 5.92 Å². The molecule has 1 aliphatic carbocycles. The smallest absolute Gasteiger partial charge is 0.222 e. The number of aromatic nitrogens is 1. The van der Waals surface area contributed by atoms with Crippen LogP contribution in [0.5, 0.6) is 5.75 Å². The molecule has 5 nitrogen and oxygen atoms in total. The molecule has 1 amide bonds. The van der Waals surface area contributed by atoms with E-state index in [0.29, 0.717) is 11.8 Å². The molecule has 1 aromatic heterocycles. The monoisotopic (exact) mass is 399 g/mol. The van der Waals surface area contributed by atoms with Crippen molar-refractivity contribution in [2.45, 2.75) is 38.6 Å². The minimum Gasteiger partial charge on any atom is -0.497 e. The maximum Gasteiger partial charge on any atom is 0.222 e. The third-order valence-electron chi connectivity index (χ3n) is 5.94. The van der Waals surface area contributed by atoms with Gasteiger partial charge in [-0.1, -0.05) is 12.8 Å². The van der Waals surface area contributed by atoms with Gasteiger partial charge in [0.15, 0.2) is 0 Å². The number of rotatable bonds is 6. The summed E-state index contributed by atoms with van der Waals surface area (Å²) >= 11 is 1.68. The SMILES string of the molecule is COc1ccc(-c2nc(CN3CCN(C(=O)CC4CCCC4)CC3)cs2)cc1. The van der Waals surface area contributed by atoms with Crippen LogP contribution in [0.1, 0.15) is 37.8 Å². The van der Waals surface area contributed by atoms with Gasteiger partial charge in [0.25, 0.3) is 0 Å². The van der Waals surface area contributed by atoms with Crippen molar-refractivity contribution in [3.63, 3.8) is 0 Å². The molecule has 1 aliphatic heterocycles. The summed E-state index contributed by atoms with van der Waals surface area (Å²) < 4.78 is 5.22. The molecule has 2 fully saturated rings. The van der Waals surface area contributed by atoms with Gasteiger partial charge in [0.2, 0.25) is 5.91 Å². The summed E-state index contributed by atoms with van der Waals surface area (Å²) in [6, 6.07) is 8.04. The van der Waals surface area contributed by atoms with E-state index in [0.717, 1.165) is 61.2 Å². The number of methoxy groups -OCH3 is 1. The highest BCUT2D eigenvalue weighted by Crippen LogP contribution is 2.29. The van der Waals surface area contributed by atoms with E-state index in [4.69, 9.17) is 9.72 Å². The number of piperazine rings is 1. The van der Waals surface area contributed by atoms with E-state index in [1.165, 1.54) is 25.7 Å². The van der Waals surface area contributed by atoms with Crippen molar-refractivity contribution in [3.8, 4) is 16.3 Å². The first-order chi connectivity index (χ1) is 13.7. The fourth-order valence-corrected chi connectivity index (χ4v) is 5.04. The van der Waals surface area contributed by atoms with Crippen LogP contribution in [-0.2, 0) is 11.3 Å². The highest BCUT2D eigenvalue weighted by Gasteiger charge is 2.25. The van der Waals surface area contributed by atoms with E-state index in [1.807, 2.05) is 12.1 Å². The Morgan fingerprint density at radius 1 is 1.14 bits per heavy atom. The molecule has 28 heavy (non-hydrogen) atoms. The second-order valence-corrected chi connectivity index (χ2v) is 8.74. The lowest BCUT2D eigenvalue weighted by Gasteiger charge is -2.34. The number of ether oxygens (including phenoxy) is 1. The summed E-state index contributed by atoms with van der Waals surface area (Å²) in [5.74, 6) is 1.86. The topological polar surface area (TPSA) is 45.7 Å². The minimum atomic E-state index is 0.363. The van der Waals surface area contributed by atoms with E-state index < -0.39 is 0 Å². The molecule has 6 heteroatoms. The Kier molecular flexibility index (Phi) is 6.27. The molecule has 150 valence electrons. The lowest BCUT2D eigenvalue weighted by Crippen LogP contribution is -2.48. The highest BCUT2D eigenvalue weighted by atomic mass is 32.1. The first kappa shape index (κ1) is 19.4. The van der Waals surface area contributed by atoms with Crippen LogP contribution in [0, 0.1) is 5.92 Å². The first-order valence-corrected chi connectivity index (χ1v) is 11.2. The maximum atomic E-state index is 12.5. The summed E-state index contributed by atoms with van der Waals surface area (Å²) in [6.07, 6.45) is 5.85. The van der Waals surface area contributed by atoms with Gasteiger partial charge in [-0.25, -0.2) is 4.98 Å². The van der Waals surface area contributed by atoms with E-state index in [2.05, 4.69) is 27.3 Å². The molecule has 0 atom stereocenters. The molecule has 1 saturated heterocycles. The molecular weight excluding hydrogens is 370 g/mol. The number of benzene rings is 1. The van der Waals surface area contributed by atoms with E-state index in [1.54, 1.807) is 18.4 Å². The number of hydrogen-bond donors (Lipinski definition) is 0. The van der Waals surface area contributed by atoms with E-state index in [9.17, 15) is 4.79 Å². The van der Waals surface area contributed by atoms with E-state index >= 15 is 0 Å². The average molecular weight is 400 g/mol. The van der Waals surface area contributed by atoms with Crippen molar-refractivity contribution < 1.29 is 9.53 Å². The lowest BCUT2D eigenvalue weighted by molar-refractivity contribution is -0.134. The Bertz CT molecular complexity index is 775. The molecule has 0 N–H and O–H groups in total. The Morgan fingerprint density at radius 2 is 1.86 bits per heavy atom. The molecule has 2 heterocycles. The van der Waals surface area contributed by atoms with Crippen molar-refractivity contribution in [1.82, 2.24) is 14.8 Å². The summed E-state index contributed by atoms with van der Waals surface area (Å²) in [6.45, 7) is 4.43. The summed E-state index contributed by atoms with van der Waals surface area (Å²) in [7, 11) is 1.68. The van der Waals surface area contributed by atoms with Crippen LogP contribution in [0.25, 0.3) is 10.6 Å². The second kappa shape index (κ2) is 9.05. The fraction of sp³-hybridized carbons (Fsp3) is 0.545. The van der Waals surface area contributed by atoms with Gasteiger partial charge in [0.05, 0.1) is 12.8 Å². The van der Waals surface area contributed by atoms with Gasteiger partial charge in [-0.2, -0.15) is 0 Å². The molecule has 0 bridgehead atoms. The Morgan fingerprint density at radius 3 is 2.54 bits per heavy atom. The second-order valence-electron chi connectivity index (χ2n) is 7.88. The summed E-state index contributed by atoms with van der Waals surface area (Å²) in [5.41, 5.74) is 2.24. The average Bonchev–Trinajstić information content (AvgIpc) is 3.41. The van der Waals surface area contributed by atoms with Crippen molar-refractivity contribution in [1.29, 1.82) is 0 Å². The predicted molar refractivity (Wildman–Crippen MR) is 113 cm³/mol. The molecule has 0 spiro atoms. The van der Waals surface area contributed by atoms with Gasteiger partial charge in [0.1, 0.15) is 10.8 Å². The molecule has 1 saturated carbocycles. The third kappa shape index (κ3) is 4.73. The number of hydrogen-bond acceptors (Lipinski definition) is 5. The molecular formula is C22H29N3O2S. The zero-order valence-corrected chi connectivity index (χ0v) is 17.4. The lowest BCUT2D eigenvalue weighted by atomic mass is 10.0. The number of carbonyl (C=O) groups is 1. The van der Waals surface area contributed by atoms with Crippen molar-refractivity contribution in [3.05, 3.63) is 35.3 Å². The molecule has 1 aromatic carbocycles. The van der Waals surface area contributed by atoms with Gasteiger partial charge in [-0.3, -0.25) is 9.69 Å². The van der Waals surface area contributed by atoms with Crippen molar-refractivity contribution >= 4 is 17.2 Å². The first-order valence-electron chi connectivity index (χ1n) is 10.3. The Labute approximate surface area is 171 Å². The normalized spacial score (nSPS) is 18.5. The molecule has 2 aromatic rings. The van der Waals surface area contributed by atoms with Crippen LogP contribution in [-0.4, -0.2) is 54.0 Å². The van der Waals surface area contributed by atoms with Crippen LogP contribution in [0.2, 0.25) is 0 Å². The number of thiazole rings is 1. The van der Waals surface area contributed by atoms with Gasteiger partial charge < -0.3 is 9.64 Å². The van der Waals surface area contributed by atoms with Crippen LogP contribution in [0.3, 0.4) is 0 Å². The van der Waals surface area contributed by atoms with Crippen LogP contribution < -0.4 is 4.74 Å². The number of nitrogens with zero attached hydrogens (tertiary/aromatic N) is 3. The summed E-state index contributed by atoms with van der Waals surface area (Å²) in [4.78, 5) is 21.8. The molecule has 0 radical (unpaired) electrons.